The number of sulfonamides is 1. The highest BCUT2D eigenvalue weighted by molar-refractivity contribution is 7.88. The van der Waals surface area contributed by atoms with Crippen molar-refractivity contribution >= 4 is 27.5 Å². The maximum absolute atomic E-state index is 12.7. The van der Waals surface area contributed by atoms with Crippen molar-refractivity contribution in [3.8, 4) is 0 Å². The predicted octanol–water partition coefficient (Wildman–Crippen LogP) is 4.21. The van der Waals surface area contributed by atoms with Crippen molar-refractivity contribution in [1.29, 1.82) is 0 Å². The van der Waals surface area contributed by atoms with E-state index in [2.05, 4.69) is 26.1 Å². The van der Waals surface area contributed by atoms with Gasteiger partial charge in [-0.1, -0.05) is 50.6 Å². The molecule has 0 aromatic heterocycles. The molecule has 1 aliphatic rings. The van der Waals surface area contributed by atoms with E-state index in [9.17, 15) is 13.2 Å². The number of rotatable bonds is 6. The number of benzene rings is 1. The monoisotopic (exact) mass is 428 g/mol. The summed E-state index contributed by atoms with van der Waals surface area (Å²) in [7, 11) is -3.45. The molecule has 0 unspecified atom stereocenters. The van der Waals surface area contributed by atoms with Crippen molar-refractivity contribution in [2.24, 2.45) is 11.3 Å². The van der Waals surface area contributed by atoms with Crippen molar-refractivity contribution in [3.63, 3.8) is 0 Å². The van der Waals surface area contributed by atoms with Gasteiger partial charge in [-0.15, -0.1) is 0 Å². The maximum atomic E-state index is 12.7. The minimum Gasteiger partial charge on any atom is -0.351 e. The number of nitrogens with one attached hydrogen (secondary N) is 1. The molecule has 0 atom stereocenters. The zero-order valence-electron chi connectivity index (χ0n) is 17.6. The number of halogens is 1. The third-order valence-electron chi connectivity index (χ3n) is 4.95. The van der Waals surface area contributed by atoms with Gasteiger partial charge in [0, 0.05) is 29.6 Å². The fourth-order valence-electron chi connectivity index (χ4n) is 4.11. The van der Waals surface area contributed by atoms with Gasteiger partial charge < -0.3 is 5.32 Å². The molecular formula is C21H33ClN2O3S. The molecule has 0 aliphatic carbocycles. The van der Waals surface area contributed by atoms with Gasteiger partial charge in [-0.2, -0.15) is 0 Å². The summed E-state index contributed by atoms with van der Waals surface area (Å²) in [6.07, 6.45) is 1.95. The van der Waals surface area contributed by atoms with Crippen LogP contribution in [0.3, 0.4) is 0 Å². The molecule has 1 aromatic rings. The zero-order valence-corrected chi connectivity index (χ0v) is 19.2. The van der Waals surface area contributed by atoms with Crippen molar-refractivity contribution in [2.45, 2.75) is 65.2 Å². The van der Waals surface area contributed by atoms with E-state index in [1.54, 1.807) is 24.3 Å². The first-order chi connectivity index (χ1) is 12.8. The van der Waals surface area contributed by atoms with Gasteiger partial charge in [-0.3, -0.25) is 4.79 Å². The van der Waals surface area contributed by atoms with Crippen LogP contribution in [0.4, 0.5) is 0 Å². The summed E-state index contributed by atoms with van der Waals surface area (Å²) < 4.78 is 27.0. The summed E-state index contributed by atoms with van der Waals surface area (Å²) >= 11 is 6.11. The molecule has 1 saturated heterocycles. The molecule has 7 heteroatoms. The Labute approximate surface area is 174 Å². The molecule has 158 valence electrons. The Hall–Kier alpha value is -1.11. The lowest BCUT2D eigenvalue weighted by molar-refractivity contribution is -0.128. The van der Waals surface area contributed by atoms with Gasteiger partial charge in [0.15, 0.2) is 0 Å². The van der Waals surface area contributed by atoms with Crippen LogP contribution in [0.1, 0.15) is 59.4 Å². The van der Waals surface area contributed by atoms with E-state index in [-0.39, 0.29) is 28.5 Å². The Morgan fingerprint density at radius 2 is 1.71 bits per heavy atom. The van der Waals surface area contributed by atoms with Crippen molar-refractivity contribution in [1.82, 2.24) is 9.62 Å². The molecule has 1 aromatic carbocycles. The molecule has 1 amide bonds. The van der Waals surface area contributed by atoms with Crippen LogP contribution in [0.15, 0.2) is 24.3 Å². The Morgan fingerprint density at radius 1 is 1.14 bits per heavy atom. The van der Waals surface area contributed by atoms with Gasteiger partial charge in [0.2, 0.25) is 15.9 Å². The van der Waals surface area contributed by atoms with Crippen LogP contribution < -0.4 is 5.32 Å². The van der Waals surface area contributed by atoms with Crippen molar-refractivity contribution in [3.05, 3.63) is 34.9 Å². The summed E-state index contributed by atoms with van der Waals surface area (Å²) in [5.41, 5.74) is 0.434. The Balaban J connectivity index is 1.93. The van der Waals surface area contributed by atoms with Gasteiger partial charge in [0.05, 0.1) is 5.75 Å². The molecule has 0 spiro atoms. The fourth-order valence-corrected chi connectivity index (χ4v) is 5.98. The van der Waals surface area contributed by atoms with Crippen molar-refractivity contribution < 1.29 is 13.2 Å². The minimum atomic E-state index is -3.45. The average Bonchev–Trinajstić information content (AvgIpc) is 2.54. The van der Waals surface area contributed by atoms with E-state index in [1.165, 1.54) is 4.31 Å². The van der Waals surface area contributed by atoms with E-state index < -0.39 is 10.0 Å². The molecule has 2 rings (SSSR count). The molecule has 5 nitrogen and oxygen atoms in total. The second kappa shape index (κ2) is 8.72. The second-order valence-corrected chi connectivity index (χ2v) is 12.0. The third kappa shape index (κ3) is 6.75. The van der Waals surface area contributed by atoms with Gasteiger partial charge >= 0.3 is 0 Å². The lowest BCUT2D eigenvalue weighted by atomic mass is 9.81. The molecule has 28 heavy (non-hydrogen) atoms. The molecule has 1 heterocycles. The van der Waals surface area contributed by atoms with Crippen LogP contribution in [0, 0.1) is 11.3 Å². The van der Waals surface area contributed by atoms with Gasteiger partial charge in [-0.05, 0) is 50.2 Å². The van der Waals surface area contributed by atoms with E-state index >= 15 is 0 Å². The van der Waals surface area contributed by atoms with E-state index in [1.807, 2.05) is 13.8 Å². The Bertz CT molecular complexity index is 792. The number of amides is 1. The highest BCUT2D eigenvalue weighted by atomic mass is 35.5. The highest BCUT2D eigenvalue weighted by Gasteiger charge is 2.34. The minimum absolute atomic E-state index is 0.0254. The summed E-state index contributed by atoms with van der Waals surface area (Å²) in [6.45, 7) is 11.3. The van der Waals surface area contributed by atoms with E-state index in [0.29, 0.717) is 36.5 Å². The standard InChI is InChI=1S/C21H33ClN2O3S/c1-20(2,3)15-21(4,5)23-19(25)16-10-12-24(13-11-16)28(26,27)14-17-8-6-7-9-18(17)22/h6-9,16H,10-15H2,1-5H3,(H,23,25). The lowest BCUT2D eigenvalue weighted by Crippen LogP contribution is -2.50. The topological polar surface area (TPSA) is 66.5 Å². The lowest BCUT2D eigenvalue weighted by Gasteiger charge is -2.36. The third-order valence-corrected chi connectivity index (χ3v) is 7.14. The van der Waals surface area contributed by atoms with Crippen LogP contribution in [-0.4, -0.2) is 37.3 Å². The molecule has 0 saturated carbocycles. The zero-order chi connectivity index (χ0) is 21.2. The Morgan fingerprint density at radius 3 is 2.25 bits per heavy atom. The number of nitrogens with zero attached hydrogens (tertiary/aromatic N) is 1. The Kier molecular flexibility index (Phi) is 7.22. The molecule has 1 fully saturated rings. The first-order valence-corrected chi connectivity index (χ1v) is 11.8. The summed E-state index contributed by atoms with van der Waals surface area (Å²) in [5, 5.41) is 3.62. The van der Waals surface area contributed by atoms with Gasteiger partial charge in [0.25, 0.3) is 0 Å². The molecule has 0 radical (unpaired) electrons. The summed E-state index contributed by atoms with van der Waals surface area (Å²) in [6, 6.07) is 7.00. The summed E-state index contributed by atoms with van der Waals surface area (Å²) in [4.78, 5) is 12.7. The smallest absolute Gasteiger partial charge is 0.223 e. The summed E-state index contributed by atoms with van der Waals surface area (Å²) in [5.74, 6) is -0.231. The highest BCUT2D eigenvalue weighted by Crippen LogP contribution is 2.28. The van der Waals surface area contributed by atoms with E-state index in [0.717, 1.165) is 6.42 Å². The van der Waals surface area contributed by atoms with Crippen LogP contribution in [-0.2, 0) is 20.6 Å². The molecule has 1 aliphatic heterocycles. The quantitative estimate of drug-likeness (QED) is 0.737. The number of hydrogen-bond acceptors (Lipinski definition) is 3. The van der Waals surface area contributed by atoms with Gasteiger partial charge in [0.1, 0.15) is 0 Å². The first-order valence-electron chi connectivity index (χ1n) is 9.82. The van der Waals surface area contributed by atoms with Gasteiger partial charge in [-0.25, -0.2) is 12.7 Å². The average molecular weight is 429 g/mol. The molecule has 1 N–H and O–H groups in total. The first kappa shape index (κ1) is 23.2. The fraction of sp³-hybridized carbons (Fsp3) is 0.667. The maximum Gasteiger partial charge on any atom is 0.223 e. The molecule has 0 bridgehead atoms. The largest absolute Gasteiger partial charge is 0.351 e. The van der Waals surface area contributed by atoms with Crippen molar-refractivity contribution in [2.75, 3.05) is 13.1 Å². The predicted molar refractivity (Wildman–Crippen MR) is 115 cm³/mol. The number of piperidine rings is 1. The van der Waals surface area contributed by atoms with E-state index in [4.69, 9.17) is 11.6 Å². The van der Waals surface area contributed by atoms with Crippen LogP contribution in [0.25, 0.3) is 0 Å². The number of hydrogen-bond donors (Lipinski definition) is 1. The normalized spacial score (nSPS) is 17.5. The number of carbonyl (C=O) groups excluding carboxylic acids is 1. The van der Waals surface area contributed by atoms with Crippen LogP contribution >= 0.6 is 11.6 Å². The SMILES string of the molecule is CC(C)(C)CC(C)(C)NC(=O)C1CCN(S(=O)(=O)Cc2ccccc2Cl)CC1. The second-order valence-electron chi connectivity index (χ2n) is 9.63. The molecular weight excluding hydrogens is 396 g/mol. The van der Waals surface area contributed by atoms with Crippen LogP contribution in [0.5, 0.6) is 0 Å². The van der Waals surface area contributed by atoms with Crippen LogP contribution in [0.2, 0.25) is 5.02 Å². The number of carbonyl (C=O) groups is 1.